The topological polar surface area (TPSA) is 36.7 Å². The predicted octanol–water partition coefficient (Wildman–Crippen LogP) is 2.33. The number of rotatable bonds is 0. The molecule has 11 heavy (non-hydrogen) atoms. The second kappa shape index (κ2) is 9.60. The number of aromatic nitrogens is 1. The van der Waals surface area contributed by atoms with E-state index in [-0.39, 0.29) is 22.5 Å². The van der Waals surface area contributed by atoms with Crippen LogP contribution in [0.3, 0.4) is 0 Å². The molecule has 0 aromatic carbocycles. The summed E-state index contributed by atoms with van der Waals surface area (Å²) in [4.78, 5) is 3.66. The molecule has 64 valence electrons. The van der Waals surface area contributed by atoms with Gasteiger partial charge in [0.2, 0.25) is 0 Å². The van der Waals surface area contributed by atoms with E-state index < -0.39 is 0 Å². The van der Waals surface area contributed by atoms with Crippen LogP contribution in [-0.4, -0.2) is 11.0 Å². The van der Waals surface area contributed by atoms with Crippen LogP contribution in [0.25, 0.3) is 5.73 Å². The summed E-state index contributed by atoms with van der Waals surface area (Å²) in [5.74, 6) is 0. The van der Waals surface area contributed by atoms with Crippen LogP contribution in [0.2, 0.25) is 0 Å². The van der Waals surface area contributed by atoms with Gasteiger partial charge in [-0.3, -0.25) is 0 Å². The van der Waals surface area contributed by atoms with Gasteiger partial charge in [0.1, 0.15) is 0 Å². The summed E-state index contributed by atoms with van der Waals surface area (Å²) < 4.78 is 0. The van der Waals surface area contributed by atoms with Crippen molar-refractivity contribution in [3.05, 3.63) is 36.3 Å². The van der Waals surface area contributed by atoms with Gasteiger partial charge < -0.3 is 10.7 Å². The molecule has 2 nitrogen and oxygen atoms in total. The van der Waals surface area contributed by atoms with Gasteiger partial charge in [0.05, 0.1) is 0 Å². The monoisotopic (exact) mass is 194 g/mol. The Balaban J connectivity index is 0. The Hall–Kier alpha value is -0.396. The van der Waals surface area contributed by atoms with Gasteiger partial charge in [-0.25, -0.2) is 0 Å². The maximum absolute atomic E-state index is 6.58. The van der Waals surface area contributed by atoms with E-state index in [9.17, 15) is 0 Å². The molecule has 1 aromatic rings. The standard InChI is InChI=1S/C5H4N.C3H8N.Ni/c1-2-4-6-5-3-1;1-3(2)4;/h1-4H;3-4H,1-2H3;/q2*-1;+2. The largest absolute Gasteiger partial charge is 2.00 e. The maximum atomic E-state index is 6.58. The molecule has 0 aliphatic rings. The van der Waals surface area contributed by atoms with Crippen molar-refractivity contribution in [2.45, 2.75) is 19.9 Å². The summed E-state index contributed by atoms with van der Waals surface area (Å²) in [6.45, 7) is 3.67. The molecule has 1 N–H and O–H groups in total. The van der Waals surface area contributed by atoms with Crippen LogP contribution in [0.5, 0.6) is 0 Å². The second-order valence-corrected chi connectivity index (χ2v) is 2.11. The predicted molar refractivity (Wildman–Crippen MR) is 42.5 cm³/mol. The van der Waals surface area contributed by atoms with Crippen LogP contribution in [-0.2, 0) is 16.5 Å². The van der Waals surface area contributed by atoms with Crippen molar-refractivity contribution in [1.29, 1.82) is 0 Å². The van der Waals surface area contributed by atoms with Crippen LogP contribution in [0.15, 0.2) is 24.4 Å². The van der Waals surface area contributed by atoms with Crippen LogP contribution >= 0.6 is 0 Å². The number of hydrogen-bond acceptors (Lipinski definition) is 1. The first-order valence-corrected chi connectivity index (χ1v) is 3.21. The maximum Gasteiger partial charge on any atom is 2.00 e. The average molecular weight is 195 g/mol. The molecule has 3 heteroatoms. The second-order valence-electron chi connectivity index (χ2n) is 2.11. The zero-order valence-electron chi connectivity index (χ0n) is 6.65. The minimum absolute atomic E-state index is 0. The Morgan fingerprint density at radius 2 is 1.91 bits per heavy atom. The van der Waals surface area contributed by atoms with E-state index in [1.54, 1.807) is 12.3 Å². The zero-order valence-corrected chi connectivity index (χ0v) is 7.64. The van der Waals surface area contributed by atoms with Crippen molar-refractivity contribution >= 4 is 0 Å². The molecule has 0 bridgehead atoms. The minimum atomic E-state index is 0. The van der Waals surface area contributed by atoms with Crippen molar-refractivity contribution in [2.24, 2.45) is 0 Å². The Kier molecular flexibility index (Phi) is 11.5. The van der Waals surface area contributed by atoms with Crippen LogP contribution in [0, 0.1) is 6.20 Å². The van der Waals surface area contributed by atoms with Crippen molar-refractivity contribution in [3.8, 4) is 0 Å². The van der Waals surface area contributed by atoms with E-state index in [0.717, 1.165) is 0 Å². The summed E-state index contributed by atoms with van der Waals surface area (Å²) in [6, 6.07) is 5.59. The molecular formula is C8H12N2Ni. The first kappa shape index (κ1) is 13.2. The quantitative estimate of drug-likeness (QED) is 0.462. The van der Waals surface area contributed by atoms with Crippen molar-refractivity contribution in [2.75, 3.05) is 0 Å². The third kappa shape index (κ3) is 17.7. The fourth-order valence-electron chi connectivity index (χ4n) is 0.277. The van der Waals surface area contributed by atoms with Gasteiger partial charge in [0.25, 0.3) is 0 Å². The Morgan fingerprint density at radius 3 is 2.00 bits per heavy atom. The smallest absolute Gasteiger partial charge is 0.675 e. The van der Waals surface area contributed by atoms with E-state index in [1.165, 1.54) is 0 Å². The fraction of sp³-hybridized carbons (Fsp3) is 0.375. The molecule has 0 saturated carbocycles. The van der Waals surface area contributed by atoms with Gasteiger partial charge in [-0.2, -0.15) is 18.2 Å². The molecule has 1 heterocycles. The molecule has 0 radical (unpaired) electrons. The summed E-state index contributed by atoms with van der Waals surface area (Å²) in [5.41, 5.74) is 6.58. The van der Waals surface area contributed by atoms with Crippen molar-refractivity contribution in [3.63, 3.8) is 0 Å². The molecule has 0 atom stereocenters. The molecular weight excluding hydrogens is 183 g/mol. The average Bonchev–Trinajstić information content (AvgIpc) is 1.90. The Morgan fingerprint density at radius 1 is 1.36 bits per heavy atom. The number of nitrogens with one attached hydrogen (secondary N) is 1. The van der Waals surface area contributed by atoms with Crippen LogP contribution in [0.4, 0.5) is 0 Å². The van der Waals surface area contributed by atoms with Crippen LogP contribution < -0.4 is 0 Å². The van der Waals surface area contributed by atoms with Gasteiger partial charge in [-0.1, -0.05) is 26.2 Å². The normalized spacial score (nSPS) is 7.64. The first-order chi connectivity index (χ1) is 4.73. The van der Waals surface area contributed by atoms with E-state index in [2.05, 4.69) is 11.2 Å². The first-order valence-electron chi connectivity index (χ1n) is 3.21. The van der Waals surface area contributed by atoms with Crippen LogP contribution in [0.1, 0.15) is 13.8 Å². The molecule has 0 amide bonds. The molecule has 0 fully saturated rings. The van der Waals surface area contributed by atoms with Gasteiger partial charge in [-0.15, -0.1) is 6.04 Å². The molecule has 1 aromatic heterocycles. The minimum Gasteiger partial charge on any atom is -0.675 e. The molecule has 0 unspecified atom stereocenters. The summed E-state index contributed by atoms with van der Waals surface area (Å²) in [5, 5.41) is 0. The third-order valence-electron chi connectivity index (χ3n) is 0.517. The van der Waals surface area contributed by atoms with Crippen molar-refractivity contribution < 1.29 is 16.5 Å². The number of hydrogen-bond donors (Lipinski definition) is 0. The summed E-state index contributed by atoms with van der Waals surface area (Å²) in [7, 11) is 0. The zero-order chi connectivity index (χ0) is 7.82. The molecule has 1 rings (SSSR count). The number of nitrogens with zero attached hydrogens (tertiary/aromatic N) is 1. The fourth-order valence-corrected chi connectivity index (χ4v) is 0.277. The summed E-state index contributed by atoms with van der Waals surface area (Å²) in [6.07, 6.45) is 4.34. The number of pyridine rings is 1. The van der Waals surface area contributed by atoms with Gasteiger partial charge >= 0.3 is 16.5 Å². The molecule has 0 aliphatic heterocycles. The Bertz CT molecular complexity index is 113. The van der Waals surface area contributed by atoms with E-state index >= 15 is 0 Å². The SMILES string of the molecule is CC(C)[NH-].[Ni+2].[c-]1ccccn1. The summed E-state index contributed by atoms with van der Waals surface area (Å²) >= 11 is 0. The molecule has 0 spiro atoms. The molecule has 0 aliphatic carbocycles. The van der Waals surface area contributed by atoms with E-state index in [4.69, 9.17) is 5.73 Å². The van der Waals surface area contributed by atoms with Gasteiger partial charge in [0.15, 0.2) is 0 Å². The van der Waals surface area contributed by atoms with Gasteiger partial charge in [-0.05, 0) is 0 Å². The Labute approximate surface area is 78.1 Å². The van der Waals surface area contributed by atoms with Gasteiger partial charge in [0, 0.05) is 0 Å². The third-order valence-corrected chi connectivity index (χ3v) is 0.517. The molecule has 0 saturated heterocycles. The van der Waals surface area contributed by atoms with E-state index in [1.807, 2.05) is 26.0 Å². The van der Waals surface area contributed by atoms with E-state index in [0.29, 0.717) is 0 Å². The van der Waals surface area contributed by atoms with Crippen molar-refractivity contribution in [1.82, 2.24) is 4.98 Å².